The number of fused-ring (bicyclic) bond motifs is 1. The molecule has 0 radical (unpaired) electrons. The highest BCUT2D eigenvalue weighted by Crippen LogP contribution is 2.30. The van der Waals surface area contributed by atoms with Crippen LogP contribution in [0.4, 0.5) is 0 Å². The summed E-state index contributed by atoms with van der Waals surface area (Å²) in [6, 6.07) is 7.36. The van der Waals surface area contributed by atoms with Crippen LogP contribution in [0.15, 0.2) is 30.5 Å². The Hall–Kier alpha value is -2.89. The van der Waals surface area contributed by atoms with E-state index < -0.39 is 5.97 Å². The van der Waals surface area contributed by atoms with E-state index in [2.05, 4.69) is 15.0 Å². The zero-order valence-electron chi connectivity index (χ0n) is 12.3. The molecule has 6 nitrogen and oxygen atoms in total. The number of carboxylic acid groups (broad SMARTS) is 1. The number of nitrogens with zero attached hydrogens (tertiary/aromatic N) is 2. The highest BCUT2D eigenvalue weighted by Gasteiger charge is 2.18. The van der Waals surface area contributed by atoms with E-state index in [1.54, 1.807) is 7.11 Å². The van der Waals surface area contributed by atoms with Crippen molar-refractivity contribution in [2.75, 3.05) is 7.11 Å². The molecule has 0 saturated carbocycles. The number of aryl methyl sites for hydroxylation is 1. The van der Waals surface area contributed by atoms with Crippen molar-refractivity contribution in [1.82, 2.24) is 15.0 Å². The SMILES string of the molecule is CCc1nc(-c2ccc(OC)cc2)c2c(C(=O)O)c[nH]c2n1. The van der Waals surface area contributed by atoms with Gasteiger partial charge in [0.2, 0.25) is 0 Å². The fourth-order valence-electron chi connectivity index (χ4n) is 2.36. The minimum atomic E-state index is -1.01. The highest BCUT2D eigenvalue weighted by atomic mass is 16.5. The zero-order valence-corrected chi connectivity index (χ0v) is 12.3. The van der Waals surface area contributed by atoms with E-state index in [4.69, 9.17) is 4.74 Å². The van der Waals surface area contributed by atoms with Gasteiger partial charge in [-0.25, -0.2) is 14.8 Å². The molecule has 112 valence electrons. The lowest BCUT2D eigenvalue weighted by Gasteiger charge is -2.07. The van der Waals surface area contributed by atoms with Crippen LogP contribution in [0.2, 0.25) is 0 Å². The van der Waals surface area contributed by atoms with Crippen molar-refractivity contribution in [3.63, 3.8) is 0 Å². The molecule has 6 heteroatoms. The number of H-pyrrole nitrogens is 1. The number of carbonyl (C=O) groups is 1. The topological polar surface area (TPSA) is 88.1 Å². The number of aromatic amines is 1. The Morgan fingerprint density at radius 3 is 2.59 bits per heavy atom. The van der Waals surface area contributed by atoms with E-state index in [9.17, 15) is 9.90 Å². The third kappa shape index (κ3) is 2.28. The molecule has 0 aliphatic carbocycles. The van der Waals surface area contributed by atoms with Gasteiger partial charge in [-0.3, -0.25) is 0 Å². The Labute approximate surface area is 126 Å². The van der Waals surface area contributed by atoms with Crippen molar-refractivity contribution >= 4 is 17.0 Å². The van der Waals surface area contributed by atoms with Crippen LogP contribution in [-0.4, -0.2) is 33.1 Å². The maximum absolute atomic E-state index is 11.4. The van der Waals surface area contributed by atoms with Crippen LogP contribution in [0, 0.1) is 0 Å². The van der Waals surface area contributed by atoms with Crippen LogP contribution < -0.4 is 4.74 Å². The minimum Gasteiger partial charge on any atom is -0.497 e. The molecule has 0 saturated heterocycles. The summed E-state index contributed by atoms with van der Waals surface area (Å²) in [6.45, 7) is 1.96. The maximum atomic E-state index is 11.4. The van der Waals surface area contributed by atoms with Crippen molar-refractivity contribution in [2.24, 2.45) is 0 Å². The second-order valence-electron chi connectivity index (χ2n) is 4.80. The summed E-state index contributed by atoms with van der Waals surface area (Å²) in [5, 5.41) is 9.88. The number of aromatic carboxylic acids is 1. The summed E-state index contributed by atoms with van der Waals surface area (Å²) in [6.07, 6.45) is 2.12. The number of benzene rings is 1. The van der Waals surface area contributed by atoms with Crippen LogP contribution in [0.5, 0.6) is 5.75 Å². The minimum absolute atomic E-state index is 0.170. The van der Waals surface area contributed by atoms with Gasteiger partial charge in [0.15, 0.2) is 0 Å². The van der Waals surface area contributed by atoms with Crippen molar-refractivity contribution in [2.45, 2.75) is 13.3 Å². The Bertz CT molecular complexity index is 838. The molecule has 3 rings (SSSR count). The molecule has 0 fully saturated rings. The van der Waals surface area contributed by atoms with Gasteiger partial charge in [-0.15, -0.1) is 0 Å². The molecule has 0 bridgehead atoms. The Morgan fingerprint density at radius 1 is 1.27 bits per heavy atom. The number of aromatic nitrogens is 3. The predicted molar refractivity (Wildman–Crippen MR) is 82.2 cm³/mol. The molecule has 2 N–H and O–H groups in total. The predicted octanol–water partition coefficient (Wildman–Crippen LogP) is 2.89. The van der Waals surface area contributed by atoms with Gasteiger partial charge in [0.1, 0.15) is 17.2 Å². The molecule has 0 spiro atoms. The van der Waals surface area contributed by atoms with E-state index in [1.165, 1.54) is 6.20 Å². The molecule has 1 aromatic carbocycles. The summed E-state index contributed by atoms with van der Waals surface area (Å²) >= 11 is 0. The summed E-state index contributed by atoms with van der Waals surface area (Å²) in [4.78, 5) is 23.2. The number of hydrogen-bond acceptors (Lipinski definition) is 4. The molecule has 2 heterocycles. The van der Waals surface area contributed by atoms with Crippen LogP contribution >= 0.6 is 0 Å². The van der Waals surface area contributed by atoms with E-state index >= 15 is 0 Å². The molecule has 0 aliphatic rings. The fourth-order valence-corrected chi connectivity index (χ4v) is 2.36. The maximum Gasteiger partial charge on any atom is 0.338 e. The first kappa shape index (κ1) is 14.1. The summed E-state index contributed by atoms with van der Waals surface area (Å²) in [7, 11) is 1.60. The number of carboxylic acids is 1. The summed E-state index contributed by atoms with van der Waals surface area (Å²) in [5.41, 5.74) is 2.15. The zero-order chi connectivity index (χ0) is 15.7. The van der Waals surface area contributed by atoms with Gasteiger partial charge in [-0.05, 0) is 24.3 Å². The number of methoxy groups -OCH3 is 1. The van der Waals surface area contributed by atoms with Crippen molar-refractivity contribution in [3.8, 4) is 17.0 Å². The number of ether oxygens (including phenoxy) is 1. The molecule has 0 aliphatic heterocycles. The van der Waals surface area contributed by atoms with Gasteiger partial charge in [-0.2, -0.15) is 0 Å². The first-order valence-corrected chi connectivity index (χ1v) is 6.89. The molecular formula is C16H15N3O3. The average molecular weight is 297 g/mol. The summed E-state index contributed by atoms with van der Waals surface area (Å²) in [5.74, 6) is 0.392. The Balaban J connectivity index is 2.28. The van der Waals surface area contributed by atoms with E-state index in [1.807, 2.05) is 31.2 Å². The standard InChI is InChI=1S/C16H15N3O3/c1-3-12-18-14(9-4-6-10(22-2)7-5-9)13-11(16(20)21)8-17-15(13)19-12/h4-8H,3H2,1-2H3,(H,20,21)(H,17,18,19). The second kappa shape index (κ2) is 5.48. The van der Waals surface area contributed by atoms with E-state index in [-0.39, 0.29) is 5.56 Å². The number of nitrogens with one attached hydrogen (secondary N) is 1. The number of hydrogen-bond donors (Lipinski definition) is 2. The van der Waals surface area contributed by atoms with Gasteiger partial charge in [-0.1, -0.05) is 6.92 Å². The van der Waals surface area contributed by atoms with E-state index in [0.717, 1.165) is 11.3 Å². The lowest BCUT2D eigenvalue weighted by Crippen LogP contribution is -2.00. The van der Waals surface area contributed by atoms with Crippen molar-refractivity contribution in [1.29, 1.82) is 0 Å². The molecule has 3 aromatic rings. The van der Waals surface area contributed by atoms with Crippen molar-refractivity contribution in [3.05, 3.63) is 41.9 Å². The monoisotopic (exact) mass is 297 g/mol. The highest BCUT2D eigenvalue weighted by molar-refractivity contribution is 6.07. The van der Waals surface area contributed by atoms with Gasteiger partial charge in [0.05, 0.1) is 23.8 Å². The molecule has 0 atom stereocenters. The molecule has 2 aromatic heterocycles. The third-order valence-corrected chi connectivity index (χ3v) is 3.49. The first-order valence-electron chi connectivity index (χ1n) is 6.89. The lowest BCUT2D eigenvalue weighted by atomic mass is 10.1. The van der Waals surface area contributed by atoms with Crippen LogP contribution in [0.1, 0.15) is 23.1 Å². The fraction of sp³-hybridized carbons (Fsp3) is 0.188. The Kier molecular flexibility index (Phi) is 3.50. The van der Waals surface area contributed by atoms with Crippen LogP contribution in [0.25, 0.3) is 22.3 Å². The van der Waals surface area contributed by atoms with Gasteiger partial charge in [0.25, 0.3) is 0 Å². The molecular weight excluding hydrogens is 282 g/mol. The number of rotatable bonds is 4. The normalized spacial score (nSPS) is 10.8. The molecule has 0 amide bonds. The average Bonchev–Trinajstić information content (AvgIpc) is 2.98. The molecule has 0 unspecified atom stereocenters. The van der Waals surface area contributed by atoms with Crippen LogP contribution in [-0.2, 0) is 6.42 Å². The Morgan fingerprint density at radius 2 is 2.00 bits per heavy atom. The third-order valence-electron chi connectivity index (χ3n) is 3.49. The van der Waals surface area contributed by atoms with Crippen LogP contribution in [0.3, 0.4) is 0 Å². The lowest BCUT2D eigenvalue weighted by molar-refractivity contribution is 0.0699. The largest absolute Gasteiger partial charge is 0.497 e. The van der Waals surface area contributed by atoms with E-state index in [0.29, 0.717) is 29.0 Å². The van der Waals surface area contributed by atoms with Gasteiger partial charge < -0.3 is 14.8 Å². The smallest absolute Gasteiger partial charge is 0.338 e. The summed E-state index contributed by atoms with van der Waals surface area (Å²) < 4.78 is 5.15. The van der Waals surface area contributed by atoms with Gasteiger partial charge >= 0.3 is 5.97 Å². The van der Waals surface area contributed by atoms with Gasteiger partial charge in [0, 0.05) is 18.2 Å². The quantitative estimate of drug-likeness (QED) is 0.773. The first-order chi connectivity index (χ1) is 10.6. The van der Waals surface area contributed by atoms with Crippen molar-refractivity contribution < 1.29 is 14.6 Å². The second-order valence-corrected chi connectivity index (χ2v) is 4.80. The molecule has 22 heavy (non-hydrogen) atoms.